The molecule has 19 heteroatoms. The molecule has 0 saturated carbocycles. The van der Waals surface area contributed by atoms with Crippen LogP contribution in [-0.4, -0.2) is 53.8 Å². The number of ether oxygens (including phenoxy) is 1. The molecule has 0 aromatic heterocycles. The van der Waals surface area contributed by atoms with Gasteiger partial charge in [-0.1, -0.05) is 18.2 Å². The van der Waals surface area contributed by atoms with Gasteiger partial charge in [-0.2, -0.15) is 61.5 Å². The highest BCUT2D eigenvalue weighted by Crippen LogP contribution is 2.62. The minimum atomic E-state index is -8.58. The van der Waals surface area contributed by atoms with Gasteiger partial charge in [-0.3, -0.25) is 4.79 Å². The number of para-hydroxylation sites is 1. The molecule has 0 spiro atoms. The maximum Gasteiger partial charge on any atom is 0.393 e. The van der Waals surface area contributed by atoms with Crippen LogP contribution in [0.25, 0.3) is 0 Å². The van der Waals surface area contributed by atoms with Gasteiger partial charge in [-0.25, -0.2) is 8.78 Å². The zero-order chi connectivity index (χ0) is 31.2. The molecule has 3 nitrogen and oxygen atoms in total. The normalized spacial score (nSPS) is 14.3. The van der Waals surface area contributed by atoms with Crippen LogP contribution in [0, 0.1) is 0 Å². The van der Waals surface area contributed by atoms with Crippen molar-refractivity contribution in [2.75, 3.05) is 5.32 Å². The highest BCUT2D eigenvalue weighted by molar-refractivity contribution is 5.97. The van der Waals surface area contributed by atoms with Gasteiger partial charge in [0.25, 0.3) is 0 Å². The molecular weight excluding hydrogens is 602 g/mol. The molecule has 1 N–H and O–H groups in total. The Balaban J connectivity index is 2.37. The summed E-state index contributed by atoms with van der Waals surface area (Å²) < 4.78 is 219. The molecule has 0 atom stereocenters. The summed E-state index contributed by atoms with van der Waals surface area (Å²) in [7, 11) is 0. The number of alkyl halides is 16. The molecule has 0 aliphatic carbocycles. The highest BCUT2D eigenvalue weighted by atomic mass is 19.4. The zero-order valence-electron chi connectivity index (χ0n) is 18.6. The van der Waals surface area contributed by atoms with Crippen molar-refractivity contribution in [2.45, 2.75) is 47.9 Å². The standard InChI is InChI=1S/C21H11F16NO2/c22-13(23)15(24,25)17(28,29)19(32,33)21(36,37)20(34,35)18(30,31)16(26,27)14(39)38-10-6-8-12(9-7-10)40-11-4-2-1-3-5-11/h1-9,13H,(H,38,39). The van der Waals surface area contributed by atoms with Crippen LogP contribution in [0.2, 0.25) is 0 Å². The second-order valence-electron chi connectivity index (χ2n) is 7.76. The summed E-state index contributed by atoms with van der Waals surface area (Å²) in [5, 5.41) is 0.854. The van der Waals surface area contributed by atoms with E-state index >= 15 is 0 Å². The first kappa shape index (κ1) is 32.8. The first-order chi connectivity index (χ1) is 17.9. The van der Waals surface area contributed by atoms with E-state index in [0.717, 1.165) is 17.4 Å². The quantitative estimate of drug-likeness (QED) is 0.260. The summed E-state index contributed by atoms with van der Waals surface area (Å²) in [6.45, 7) is 0. The van der Waals surface area contributed by atoms with Crippen LogP contribution in [0.4, 0.5) is 75.9 Å². The molecule has 0 aliphatic heterocycles. The lowest BCUT2D eigenvalue weighted by Crippen LogP contribution is -2.74. The number of hydrogen-bond acceptors (Lipinski definition) is 2. The van der Waals surface area contributed by atoms with E-state index in [9.17, 15) is 75.0 Å². The number of benzene rings is 2. The molecule has 224 valence electrons. The number of anilines is 1. The Labute approximate surface area is 211 Å². The predicted molar refractivity (Wildman–Crippen MR) is 102 cm³/mol. The summed E-state index contributed by atoms with van der Waals surface area (Å²) in [5.41, 5.74) is -0.926. The van der Waals surface area contributed by atoms with Gasteiger partial charge in [0.1, 0.15) is 11.5 Å². The van der Waals surface area contributed by atoms with Crippen molar-refractivity contribution in [3.8, 4) is 11.5 Å². The van der Waals surface area contributed by atoms with Gasteiger partial charge in [0.15, 0.2) is 0 Å². The molecule has 0 saturated heterocycles. The Hall–Kier alpha value is -3.41. The Morgan fingerprint density at radius 3 is 1.43 bits per heavy atom. The Morgan fingerprint density at radius 2 is 0.975 bits per heavy atom. The van der Waals surface area contributed by atoms with Crippen molar-refractivity contribution in [3.63, 3.8) is 0 Å². The lowest BCUT2D eigenvalue weighted by molar-refractivity contribution is -0.443. The molecule has 40 heavy (non-hydrogen) atoms. The number of rotatable bonds is 11. The third-order valence-corrected chi connectivity index (χ3v) is 5.04. The van der Waals surface area contributed by atoms with E-state index in [1.54, 1.807) is 6.07 Å². The molecule has 1 amide bonds. The van der Waals surface area contributed by atoms with Crippen LogP contribution in [0.15, 0.2) is 54.6 Å². The lowest BCUT2D eigenvalue weighted by atomic mass is 9.89. The number of carbonyl (C=O) groups excluding carboxylic acids is 1. The zero-order valence-corrected chi connectivity index (χ0v) is 18.6. The summed E-state index contributed by atoms with van der Waals surface area (Å²) in [5.74, 6) is -59.8. The second kappa shape index (κ2) is 10.2. The Kier molecular flexibility index (Phi) is 8.37. The topological polar surface area (TPSA) is 38.3 Å². The lowest BCUT2D eigenvalue weighted by Gasteiger charge is -2.42. The van der Waals surface area contributed by atoms with Gasteiger partial charge in [0.2, 0.25) is 0 Å². The van der Waals surface area contributed by atoms with Crippen molar-refractivity contribution >= 4 is 11.6 Å². The number of nitrogens with one attached hydrogen (secondary N) is 1. The average molecular weight is 613 g/mol. The molecule has 2 aromatic carbocycles. The number of carbonyl (C=O) groups is 1. The molecule has 0 unspecified atom stereocenters. The third kappa shape index (κ3) is 4.97. The van der Waals surface area contributed by atoms with E-state index in [4.69, 9.17) is 4.74 Å². The fraction of sp³-hybridized carbons (Fsp3) is 0.381. The SMILES string of the molecule is O=C(Nc1ccc(Oc2ccccc2)cc1)C(F)(F)C(F)(F)C(F)(F)C(F)(F)C(F)(F)C(F)(F)C(F)(F)C(F)F. The van der Waals surface area contributed by atoms with E-state index in [2.05, 4.69) is 0 Å². The summed E-state index contributed by atoms with van der Waals surface area (Å²) >= 11 is 0. The third-order valence-electron chi connectivity index (χ3n) is 5.04. The maximum atomic E-state index is 14.0. The molecular formula is C21H11F16NO2. The molecule has 0 bridgehead atoms. The minimum Gasteiger partial charge on any atom is -0.457 e. The van der Waals surface area contributed by atoms with Crippen LogP contribution in [0.1, 0.15) is 0 Å². The predicted octanol–water partition coefficient (Wildman–Crippen LogP) is 8.13. The number of halogens is 16. The maximum absolute atomic E-state index is 14.0. The van der Waals surface area contributed by atoms with Crippen molar-refractivity contribution in [1.29, 1.82) is 0 Å². The van der Waals surface area contributed by atoms with E-state index < -0.39 is 59.5 Å². The van der Waals surface area contributed by atoms with Crippen molar-refractivity contribution < 1.29 is 79.8 Å². The van der Waals surface area contributed by atoms with Gasteiger partial charge >= 0.3 is 53.8 Å². The van der Waals surface area contributed by atoms with Crippen LogP contribution in [0.5, 0.6) is 11.5 Å². The molecule has 2 aromatic rings. The van der Waals surface area contributed by atoms with Gasteiger partial charge in [-0.15, -0.1) is 0 Å². The summed E-state index contributed by atoms with van der Waals surface area (Å²) in [6, 6.07) is 10.5. The van der Waals surface area contributed by atoms with E-state index in [0.29, 0.717) is 12.1 Å². The molecule has 2 rings (SSSR count). The first-order valence-corrected chi connectivity index (χ1v) is 9.97. The molecule has 0 aliphatic rings. The Morgan fingerprint density at radius 1 is 0.575 bits per heavy atom. The van der Waals surface area contributed by atoms with Gasteiger partial charge < -0.3 is 10.1 Å². The van der Waals surface area contributed by atoms with Crippen molar-refractivity contribution in [2.24, 2.45) is 0 Å². The fourth-order valence-electron chi connectivity index (χ4n) is 2.72. The van der Waals surface area contributed by atoms with E-state index in [1.807, 2.05) is 0 Å². The van der Waals surface area contributed by atoms with Crippen molar-refractivity contribution in [1.82, 2.24) is 0 Å². The monoisotopic (exact) mass is 613 g/mol. The molecule has 0 heterocycles. The summed E-state index contributed by atoms with van der Waals surface area (Å²) in [6.07, 6.45) is -5.94. The second-order valence-corrected chi connectivity index (χ2v) is 7.76. The van der Waals surface area contributed by atoms with Gasteiger partial charge in [0.05, 0.1) is 0 Å². The van der Waals surface area contributed by atoms with Crippen LogP contribution >= 0.6 is 0 Å². The fourth-order valence-corrected chi connectivity index (χ4v) is 2.72. The largest absolute Gasteiger partial charge is 0.457 e. The highest BCUT2D eigenvalue weighted by Gasteiger charge is 2.94. The van der Waals surface area contributed by atoms with Gasteiger partial charge in [0, 0.05) is 5.69 Å². The Bertz CT molecular complexity index is 1180. The summed E-state index contributed by atoms with van der Waals surface area (Å²) in [4.78, 5) is 11.6. The average Bonchev–Trinajstić information content (AvgIpc) is 2.84. The van der Waals surface area contributed by atoms with E-state index in [-0.39, 0.29) is 11.5 Å². The van der Waals surface area contributed by atoms with Gasteiger partial charge in [-0.05, 0) is 36.4 Å². The minimum absolute atomic E-state index is 0.0868. The number of hydrogen-bond donors (Lipinski definition) is 1. The van der Waals surface area contributed by atoms with Crippen LogP contribution in [-0.2, 0) is 4.79 Å². The molecule has 0 fully saturated rings. The molecule has 0 radical (unpaired) electrons. The van der Waals surface area contributed by atoms with Crippen molar-refractivity contribution in [3.05, 3.63) is 54.6 Å². The van der Waals surface area contributed by atoms with Crippen LogP contribution in [0.3, 0.4) is 0 Å². The number of amides is 1. The first-order valence-electron chi connectivity index (χ1n) is 9.97. The smallest absolute Gasteiger partial charge is 0.393 e. The van der Waals surface area contributed by atoms with Crippen LogP contribution < -0.4 is 10.1 Å². The van der Waals surface area contributed by atoms with E-state index in [1.165, 1.54) is 24.3 Å².